The summed E-state index contributed by atoms with van der Waals surface area (Å²) in [7, 11) is 3.21. The highest BCUT2D eigenvalue weighted by Gasteiger charge is 2.46. The molecule has 0 saturated carbocycles. The van der Waals surface area contributed by atoms with E-state index < -0.39 is 5.92 Å². The van der Waals surface area contributed by atoms with Crippen LogP contribution in [-0.4, -0.2) is 37.5 Å². The molecule has 1 N–H and O–H groups in total. The Kier molecular flexibility index (Phi) is 5.50. The molecular weight excluding hydrogens is 416 g/mol. The molecule has 2 aliphatic heterocycles. The van der Waals surface area contributed by atoms with Crippen LogP contribution in [0.15, 0.2) is 66.7 Å². The minimum atomic E-state index is -0.503. The Bertz CT molecular complexity index is 1220. The Morgan fingerprint density at radius 1 is 1.00 bits per heavy atom. The summed E-state index contributed by atoms with van der Waals surface area (Å²) in [5.74, 6) is 0.744. The number of nitrogens with one attached hydrogen (secondary N) is 1. The average molecular weight is 443 g/mol. The van der Waals surface area contributed by atoms with Crippen LogP contribution < -0.4 is 14.8 Å². The topological polar surface area (TPSA) is 67.9 Å². The van der Waals surface area contributed by atoms with E-state index in [0.29, 0.717) is 30.2 Å². The van der Waals surface area contributed by atoms with E-state index in [1.54, 1.807) is 14.2 Å². The number of hydrogen-bond acceptors (Lipinski definition) is 4. The van der Waals surface area contributed by atoms with Gasteiger partial charge < -0.3 is 19.7 Å². The summed E-state index contributed by atoms with van der Waals surface area (Å²) >= 11 is 0. The number of carbonyl (C=O) groups excluding carboxylic acids is 2. The predicted molar refractivity (Wildman–Crippen MR) is 124 cm³/mol. The summed E-state index contributed by atoms with van der Waals surface area (Å²) in [6, 6.07) is 20.8. The van der Waals surface area contributed by atoms with E-state index >= 15 is 0 Å². The summed E-state index contributed by atoms with van der Waals surface area (Å²) in [6.07, 6.45) is 0.788. The zero-order valence-corrected chi connectivity index (χ0v) is 18.7. The van der Waals surface area contributed by atoms with Crippen LogP contribution in [0.1, 0.15) is 44.6 Å². The van der Waals surface area contributed by atoms with E-state index in [1.165, 1.54) is 5.56 Å². The van der Waals surface area contributed by atoms with E-state index in [4.69, 9.17) is 9.47 Å². The zero-order valence-electron chi connectivity index (χ0n) is 18.7. The highest BCUT2D eigenvalue weighted by Crippen LogP contribution is 2.45. The molecule has 0 spiro atoms. The van der Waals surface area contributed by atoms with E-state index in [1.807, 2.05) is 65.6 Å². The molecule has 0 unspecified atom stereocenters. The van der Waals surface area contributed by atoms with Gasteiger partial charge in [0.25, 0.3) is 5.91 Å². The summed E-state index contributed by atoms with van der Waals surface area (Å²) < 4.78 is 10.8. The maximum Gasteiger partial charge on any atom is 0.254 e. The van der Waals surface area contributed by atoms with Crippen molar-refractivity contribution in [1.82, 2.24) is 10.2 Å². The number of fused-ring (bicyclic) bond motifs is 4. The molecule has 0 bridgehead atoms. The molecule has 5 rings (SSSR count). The lowest BCUT2D eigenvalue weighted by Crippen LogP contribution is -2.50. The molecule has 6 heteroatoms. The highest BCUT2D eigenvalue weighted by atomic mass is 16.5. The lowest BCUT2D eigenvalue weighted by Gasteiger charge is -2.45. The summed E-state index contributed by atoms with van der Waals surface area (Å²) in [5.41, 5.74) is 4.44. The molecule has 0 saturated heterocycles. The number of hydrogen-bond donors (Lipinski definition) is 1. The first-order valence-corrected chi connectivity index (χ1v) is 11.1. The third-order valence-electron chi connectivity index (χ3n) is 6.66. The number of nitrogens with zero attached hydrogens (tertiary/aromatic N) is 1. The number of amides is 2. The maximum absolute atomic E-state index is 13.7. The highest BCUT2D eigenvalue weighted by molar-refractivity contribution is 6.01. The van der Waals surface area contributed by atoms with Crippen molar-refractivity contribution in [3.63, 3.8) is 0 Å². The molecule has 0 fully saturated rings. The van der Waals surface area contributed by atoms with Crippen LogP contribution in [-0.2, 0) is 17.8 Å². The number of benzene rings is 3. The van der Waals surface area contributed by atoms with Gasteiger partial charge in [-0.25, -0.2) is 0 Å². The van der Waals surface area contributed by atoms with Gasteiger partial charge in [-0.1, -0.05) is 42.5 Å². The van der Waals surface area contributed by atoms with Crippen LogP contribution in [0.4, 0.5) is 0 Å². The van der Waals surface area contributed by atoms with Gasteiger partial charge in [0.1, 0.15) is 11.5 Å². The van der Waals surface area contributed by atoms with Crippen LogP contribution in [0.5, 0.6) is 11.5 Å². The van der Waals surface area contributed by atoms with Crippen molar-refractivity contribution < 1.29 is 19.1 Å². The van der Waals surface area contributed by atoms with Crippen molar-refractivity contribution in [1.29, 1.82) is 0 Å². The minimum absolute atomic E-state index is 0.0105. The third-order valence-corrected chi connectivity index (χ3v) is 6.66. The van der Waals surface area contributed by atoms with Crippen LogP contribution in [0.3, 0.4) is 0 Å². The first kappa shape index (κ1) is 21.1. The van der Waals surface area contributed by atoms with E-state index in [-0.39, 0.29) is 17.9 Å². The first-order valence-electron chi connectivity index (χ1n) is 11.1. The average Bonchev–Trinajstić information content (AvgIpc) is 2.87. The maximum atomic E-state index is 13.7. The minimum Gasteiger partial charge on any atom is -0.497 e. The summed E-state index contributed by atoms with van der Waals surface area (Å²) in [6.45, 7) is 0.891. The molecule has 3 aromatic rings. The Morgan fingerprint density at radius 3 is 2.55 bits per heavy atom. The monoisotopic (exact) mass is 442 g/mol. The van der Waals surface area contributed by atoms with Gasteiger partial charge in [0.05, 0.1) is 26.2 Å². The smallest absolute Gasteiger partial charge is 0.254 e. The van der Waals surface area contributed by atoms with Gasteiger partial charge in [-0.2, -0.15) is 0 Å². The van der Waals surface area contributed by atoms with Crippen molar-refractivity contribution in [2.45, 2.75) is 24.9 Å². The third kappa shape index (κ3) is 3.61. The number of ether oxygens (including phenoxy) is 2. The van der Waals surface area contributed by atoms with Crippen molar-refractivity contribution >= 4 is 11.8 Å². The number of rotatable bonds is 5. The van der Waals surface area contributed by atoms with Gasteiger partial charge in [-0.15, -0.1) is 0 Å². The van der Waals surface area contributed by atoms with Crippen molar-refractivity contribution in [3.8, 4) is 11.5 Å². The lowest BCUT2D eigenvalue weighted by atomic mass is 9.76. The summed E-state index contributed by atoms with van der Waals surface area (Å²) in [4.78, 5) is 28.9. The molecule has 2 aliphatic rings. The van der Waals surface area contributed by atoms with Crippen LogP contribution in [0.25, 0.3) is 0 Å². The SMILES string of the molecule is COc1ccc(OC)c(CNC(=O)[C@@H]2c3ccccc3C(=O)N3CCc4ccccc4[C@H]23)c1. The van der Waals surface area contributed by atoms with Crippen LogP contribution in [0.2, 0.25) is 0 Å². The number of methoxy groups -OCH3 is 2. The Labute approximate surface area is 193 Å². The Balaban J connectivity index is 1.52. The second-order valence-electron chi connectivity index (χ2n) is 8.35. The Morgan fingerprint density at radius 2 is 1.76 bits per heavy atom. The molecular formula is C27H26N2O4. The Hall–Kier alpha value is -3.80. The zero-order chi connectivity index (χ0) is 22.9. The molecule has 0 aliphatic carbocycles. The fourth-order valence-corrected chi connectivity index (χ4v) is 5.07. The van der Waals surface area contributed by atoms with Crippen LogP contribution in [0, 0.1) is 0 Å². The largest absolute Gasteiger partial charge is 0.497 e. The second-order valence-corrected chi connectivity index (χ2v) is 8.35. The van der Waals surface area contributed by atoms with Gasteiger partial charge in [0.2, 0.25) is 5.91 Å². The molecule has 2 amide bonds. The van der Waals surface area contributed by atoms with Crippen LogP contribution >= 0.6 is 0 Å². The van der Waals surface area contributed by atoms with Gasteiger partial charge >= 0.3 is 0 Å². The van der Waals surface area contributed by atoms with Crippen molar-refractivity contribution in [2.75, 3.05) is 20.8 Å². The molecule has 3 aromatic carbocycles. The van der Waals surface area contributed by atoms with Gasteiger partial charge in [-0.05, 0) is 47.4 Å². The fourth-order valence-electron chi connectivity index (χ4n) is 5.07. The lowest BCUT2D eigenvalue weighted by molar-refractivity contribution is -0.124. The van der Waals surface area contributed by atoms with E-state index in [2.05, 4.69) is 11.4 Å². The van der Waals surface area contributed by atoms with Crippen molar-refractivity contribution in [2.24, 2.45) is 0 Å². The van der Waals surface area contributed by atoms with E-state index in [9.17, 15) is 9.59 Å². The van der Waals surface area contributed by atoms with Gasteiger partial charge in [0.15, 0.2) is 0 Å². The molecule has 0 radical (unpaired) electrons. The molecule has 2 heterocycles. The quantitative estimate of drug-likeness (QED) is 0.652. The van der Waals surface area contributed by atoms with E-state index in [0.717, 1.165) is 23.1 Å². The first-order chi connectivity index (χ1) is 16.1. The van der Waals surface area contributed by atoms with Crippen molar-refractivity contribution in [3.05, 3.63) is 94.5 Å². The predicted octanol–water partition coefficient (Wildman–Crippen LogP) is 3.86. The molecule has 2 atom stereocenters. The second kappa shape index (κ2) is 8.62. The summed E-state index contributed by atoms with van der Waals surface area (Å²) in [5, 5.41) is 3.10. The number of carbonyl (C=O) groups is 2. The van der Waals surface area contributed by atoms with Gasteiger partial charge in [-0.3, -0.25) is 9.59 Å². The fraction of sp³-hybridized carbons (Fsp3) is 0.259. The standard InChI is InChI=1S/C27H26N2O4/c1-32-19-11-12-23(33-2)18(15-19)16-28-26(30)24-21-9-5-6-10-22(21)27(31)29-14-13-17-7-3-4-8-20(17)25(24)29/h3-12,15,24-25H,13-14,16H2,1-2H3,(H,28,30)/t24-,25-/m1/s1. The molecule has 0 aromatic heterocycles. The normalized spacial score (nSPS) is 18.6. The molecule has 33 heavy (non-hydrogen) atoms. The molecule has 168 valence electrons. The van der Waals surface area contributed by atoms with Gasteiger partial charge in [0, 0.05) is 24.2 Å². The molecule has 6 nitrogen and oxygen atoms in total.